The lowest BCUT2D eigenvalue weighted by molar-refractivity contribution is -0.153. The van der Waals surface area contributed by atoms with E-state index in [2.05, 4.69) is 5.32 Å². The summed E-state index contributed by atoms with van der Waals surface area (Å²) in [6.07, 6.45) is -0.131. The van der Waals surface area contributed by atoms with Gasteiger partial charge in [0.05, 0.1) is 5.41 Å². The van der Waals surface area contributed by atoms with Crippen molar-refractivity contribution in [1.29, 1.82) is 0 Å². The Morgan fingerprint density at radius 3 is 2.45 bits per heavy atom. The molecule has 2 N–H and O–H groups in total. The van der Waals surface area contributed by atoms with Crippen LogP contribution in [0.2, 0.25) is 0 Å². The first-order valence-electron chi connectivity index (χ1n) is 6.51. The minimum Gasteiger partial charge on any atom is -0.481 e. The lowest BCUT2D eigenvalue weighted by Gasteiger charge is -2.28. The highest BCUT2D eigenvalue weighted by atomic mass is 19.1. The predicted octanol–water partition coefficient (Wildman–Crippen LogP) is 2.58. The number of hydrogen-bond acceptors (Lipinski definition) is 2. The molecule has 0 bridgehead atoms. The van der Waals surface area contributed by atoms with Crippen molar-refractivity contribution in [3.8, 4) is 0 Å². The third-order valence-corrected chi connectivity index (χ3v) is 3.72. The molecule has 1 unspecified atom stereocenters. The number of nitrogens with one attached hydrogen (secondary N) is 1. The molecule has 0 saturated carbocycles. The van der Waals surface area contributed by atoms with Crippen LogP contribution in [0.4, 0.5) is 4.39 Å². The van der Waals surface area contributed by atoms with E-state index in [-0.39, 0.29) is 18.9 Å². The molecule has 1 aromatic carbocycles. The molecule has 20 heavy (non-hydrogen) atoms. The second-order valence-electron chi connectivity index (χ2n) is 5.42. The molecule has 0 spiro atoms. The van der Waals surface area contributed by atoms with E-state index >= 15 is 0 Å². The normalized spacial score (nSPS) is 13.8. The molecular weight excluding hydrogens is 261 g/mol. The summed E-state index contributed by atoms with van der Waals surface area (Å²) in [5.74, 6) is -1.97. The van der Waals surface area contributed by atoms with Crippen LogP contribution in [0.3, 0.4) is 0 Å². The van der Waals surface area contributed by atoms with Gasteiger partial charge in [-0.2, -0.15) is 0 Å². The fraction of sp³-hybridized carbons (Fsp3) is 0.467. The van der Waals surface area contributed by atoms with Gasteiger partial charge in [0.1, 0.15) is 5.82 Å². The van der Waals surface area contributed by atoms with Crippen LogP contribution in [-0.4, -0.2) is 17.0 Å². The molecule has 4 nitrogen and oxygen atoms in total. The number of amides is 1. The van der Waals surface area contributed by atoms with Crippen LogP contribution in [0.15, 0.2) is 24.3 Å². The van der Waals surface area contributed by atoms with Crippen LogP contribution in [0.1, 0.15) is 32.8 Å². The highest BCUT2D eigenvalue weighted by Gasteiger charge is 2.38. The molecule has 1 amide bonds. The molecule has 0 fully saturated rings. The Morgan fingerprint density at radius 2 is 1.95 bits per heavy atom. The summed E-state index contributed by atoms with van der Waals surface area (Å²) in [7, 11) is 0. The standard InChI is InChI=1S/C15H20FNO3/c1-10(2)15(3,14(19)20)8-13(18)17-9-11-6-4-5-7-12(11)16/h4-7,10H,8-9H2,1-3H3,(H,17,18)(H,19,20). The molecule has 1 aromatic rings. The average molecular weight is 281 g/mol. The Hall–Kier alpha value is -1.91. The number of hydrogen-bond donors (Lipinski definition) is 2. The van der Waals surface area contributed by atoms with Crippen molar-refractivity contribution >= 4 is 11.9 Å². The van der Waals surface area contributed by atoms with Crippen molar-refractivity contribution in [2.75, 3.05) is 0 Å². The molecule has 1 rings (SSSR count). The molecule has 0 aliphatic rings. The van der Waals surface area contributed by atoms with Gasteiger partial charge in [0, 0.05) is 18.5 Å². The quantitative estimate of drug-likeness (QED) is 0.842. The molecule has 0 aliphatic carbocycles. The highest BCUT2D eigenvalue weighted by molar-refractivity contribution is 5.84. The molecule has 110 valence electrons. The number of halogens is 1. The Kier molecular flexibility index (Phi) is 5.25. The first-order valence-corrected chi connectivity index (χ1v) is 6.51. The van der Waals surface area contributed by atoms with Gasteiger partial charge in [0.15, 0.2) is 0 Å². The van der Waals surface area contributed by atoms with E-state index < -0.39 is 23.1 Å². The first kappa shape index (κ1) is 16.1. The number of carboxylic acids is 1. The molecule has 5 heteroatoms. The number of benzene rings is 1. The number of carboxylic acid groups (broad SMARTS) is 1. The lowest BCUT2D eigenvalue weighted by atomic mass is 9.76. The fourth-order valence-electron chi connectivity index (χ4n) is 1.76. The maximum Gasteiger partial charge on any atom is 0.310 e. The lowest BCUT2D eigenvalue weighted by Crippen LogP contribution is -2.39. The molecule has 1 atom stereocenters. The molecule has 0 radical (unpaired) electrons. The van der Waals surface area contributed by atoms with Crippen LogP contribution in [-0.2, 0) is 16.1 Å². The zero-order valence-corrected chi connectivity index (χ0v) is 11.9. The summed E-state index contributed by atoms with van der Waals surface area (Å²) in [5.41, 5.74) is -0.748. The van der Waals surface area contributed by atoms with Crippen molar-refractivity contribution in [2.45, 2.75) is 33.7 Å². The van der Waals surface area contributed by atoms with Gasteiger partial charge in [0.2, 0.25) is 5.91 Å². The first-order chi connectivity index (χ1) is 9.27. The summed E-state index contributed by atoms with van der Waals surface area (Å²) in [5, 5.41) is 11.8. The van der Waals surface area contributed by atoms with Crippen molar-refractivity contribution in [2.24, 2.45) is 11.3 Å². The Morgan fingerprint density at radius 1 is 1.35 bits per heavy atom. The van der Waals surface area contributed by atoms with Gasteiger partial charge in [-0.3, -0.25) is 9.59 Å². The maximum absolute atomic E-state index is 13.4. The van der Waals surface area contributed by atoms with Gasteiger partial charge >= 0.3 is 5.97 Å². The number of carbonyl (C=O) groups excluding carboxylic acids is 1. The predicted molar refractivity (Wildman–Crippen MR) is 73.4 cm³/mol. The Bertz CT molecular complexity index is 502. The summed E-state index contributed by atoms with van der Waals surface area (Å²) in [6.45, 7) is 5.12. The van der Waals surface area contributed by atoms with E-state index in [4.69, 9.17) is 0 Å². The molecule has 0 saturated heterocycles. The van der Waals surface area contributed by atoms with Gasteiger partial charge in [-0.05, 0) is 18.9 Å². The molecule has 0 heterocycles. The Balaban J connectivity index is 2.64. The van der Waals surface area contributed by atoms with Gasteiger partial charge in [-0.1, -0.05) is 32.0 Å². The zero-order chi connectivity index (χ0) is 15.3. The molecular formula is C15H20FNO3. The second kappa shape index (κ2) is 6.50. The van der Waals surface area contributed by atoms with Gasteiger partial charge in [-0.25, -0.2) is 4.39 Å². The smallest absolute Gasteiger partial charge is 0.310 e. The third-order valence-electron chi connectivity index (χ3n) is 3.72. The summed E-state index contributed by atoms with van der Waals surface area (Å²) >= 11 is 0. The third kappa shape index (κ3) is 3.79. The SMILES string of the molecule is CC(C)C(C)(CC(=O)NCc1ccccc1F)C(=O)O. The van der Waals surface area contributed by atoms with Crippen molar-refractivity contribution in [1.82, 2.24) is 5.32 Å². The van der Waals surface area contributed by atoms with E-state index in [0.717, 1.165) is 0 Å². The number of carbonyl (C=O) groups is 2. The summed E-state index contributed by atoms with van der Waals surface area (Å²) in [6, 6.07) is 6.15. The van der Waals surface area contributed by atoms with E-state index in [1.54, 1.807) is 39.0 Å². The van der Waals surface area contributed by atoms with E-state index in [0.29, 0.717) is 5.56 Å². The number of aliphatic carboxylic acids is 1. The Labute approximate surface area is 118 Å². The second-order valence-corrected chi connectivity index (χ2v) is 5.42. The van der Waals surface area contributed by atoms with Crippen molar-refractivity contribution in [3.05, 3.63) is 35.6 Å². The maximum atomic E-state index is 13.4. The van der Waals surface area contributed by atoms with Gasteiger partial charge in [-0.15, -0.1) is 0 Å². The number of rotatable bonds is 6. The molecule has 0 aliphatic heterocycles. The van der Waals surface area contributed by atoms with E-state index in [9.17, 15) is 19.1 Å². The van der Waals surface area contributed by atoms with Crippen molar-refractivity contribution < 1.29 is 19.1 Å². The van der Waals surface area contributed by atoms with Gasteiger partial charge in [0.25, 0.3) is 0 Å². The fourth-order valence-corrected chi connectivity index (χ4v) is 1.76. The molecule has 0 aromatic heterocycles. The van der Waals surface area contributed by atoms with Crippen LogP contribution >= 0.6 is 0 Å². The van der Waals surface area contributed by atoms with Crippen molar-refractivity contribution in [3.63, 3.8) is 0 Å². The van der Waals surface area contributed by atoms with Gasteiger partial charge < -0.3 is 10.4 Å². The summed E-state index contributed by atoms with van der Waals surface area (Å²) < 4.78 is 13.4. The topological polar surface area (TPSA) is 66.4 Å². The van der Waals surface area contributed by atoms with E-state index in [1.807, 2.05) is 0 Å². The highest BCUT2D eigenvalue weighted by Crippen LogP contribution is 2.31. The monoisotopic (exact) mass is 281 g/mol. The summed E-state index contributed by atoms with van der Waals surface area (Å²) in [4.78, 5) is 23.1. The van der Waals surface area contributed by atoms with E-state index in [1.165, 1.54) is 6.07 Å². The zero-order valence-electron chi connectivity index (χ0n) is 11.9. The minimum atomic E-state index is -1.13. The largest absolute Gasteiger partial charge is 0.481 e. The van der Waals surface area contributed by atoms with Crippen LogP contribution < -0.4 is 5.32 Å². The van der Waals surface area contributed by atoms with Crippen LogP contribution in [0.5, 0.6) is 0 Å². The average Bonchev–Trinajstić information content (AvgIpc) is 2.37. The van der Waals surface area contributed by atoms with Crippen LogP contribution in [0, 0.1) is 17.2 Å². The van der Waals surface area contributed by atoms with Crippen LogP contribution in [0.25, 0.3) is 0 Å². The minimum absolute atomic E-state index is 0.0549.